The molecule has 0 aliphatic rings. The summed E-state index contributed by atoms with van der Waals surface area (Å²) in [5.41, 5.74) is -1.67. The normalized spacial score (nSPS) is 16.3. The minimum atomic E-state index is -4.40. The van der Waals surface area contributed by atoms with Gasteiger partial charge in [0.15, 0.2) is 0 Å². The Hall–Kier alpha value is -1.54. The van der Waals surface area contributed by atoms with E-state index in [1.165, 1.54) is 41.2 Å². The predicted molar refractivity (Wildman–Crippen MR) is 78.3 cm³/mol. The number of aromatic nitrogens is 3. The number of alkyl halides is 3. The lowest BCUT2D eigenvalue weighted by atomic mass is 9.90. The summed E-state index contributed by atoms with van der Waals surface area (Å²) in [5, 5.41) is 14.7. The van der Waals surface area contributed by atoms with Gasteiger partial charge in [-0.1, -0.05) is 19.1 Å². The Bertz CT molecular complexity index is 601. The fourth-order valence-electron chi connectivity index (χ4n) is 2.16. The lowest BCUT2D eigenvalue weighted by Gasteiger charge is -2.33. The van der Waals surface area contributed by atoms with Gasteiger partial charge in [0.1, 0.15) is 18.3 Å². The van der Waals surface area contributed by atoms with Crippen LogP contribution in [0.3, 0.4) is 0 Å². The van der Waals surface area contributed by atoms with Crippen molar-refractivity contribution in [1.82, 2.24) is 14.8 Å². The first-order chi connectivity index (χ1) is 10.3. The summed E-state index contributed by atoms with van der Waals surface area (Å²) in [6.45, 7) is 1.93. The molecule has 0 spiro atoms. The topological polar surface area (TPSA) is 50.9 Å². The smallest absolute Gasteiger partial charge is 0.382 e. The third kappa shape index (κ3) is 3.44. The molecule has 0 bridgehead atoms. The standard InChI is InChI=1S/C14H16F3N3OS/c1-10(22-2)13(21,7-20-9-18-8-19-20)11-3-5-12(6-4-11)14(15,16)17/h3-6,8-10,21H,7H2,1-2H3. The molecule has 0 saturated carbocycles. The molecule has 2 atom stereocenters. The number of nitrogens with zero attached hydrogens (tertiary/aromatic N) is 3. The Morgan fingerprint density at radius 3 is 2.27 bits per heavy atom. The molecule has 0 aliphatic heterocycles. The van der Waals surface area contributed by atoms with Gasteiger partial charge in [0, 0.05) is 5.25 Å². The highest BCUT2D eigenvalue weighted by atomic mass is 32.2. The van der Waals surface area contributed by atoms with Gasteiger partial charge in [-0.2, -0.15) is 30.0 Å². The summed E-state index contributed by atoms with van der Waals surface area (Å²) in [6, 6.07) is 4.59. The van der Waals surface area contributed by atoms with Crippen molar-refractivity contribution in [3.8, 4) is 0 Å². The molecule has 0 fully saturated rings. The molecule has 0 amide bonds. The second-order valence-corrected chi connectivity index (χ2v) is 6.15. The molecule has 1 heterocycles. The number of hydrogen-bond donors (Lipinski definition) is 1. The fourth-order valence-corrected chi connectivity index (χ4v) is 2.76. The van der Waals surface area contributed by atoms with Crippen molar-refractivity contribution in [1.29, 1.82) is 0 Å². The average molecular weight is 331 g/mol. The molecule has 1 aromatic heterocycles. The van der Waals surface area contributed by atoms with Crippen LogP contribution in [-0.2, 0) is 18.3 Å². The number of benzene rings is 1. The van der Waals surface area contributed by atoms with Crippen LogP contribution in [0.25, 0.3) is 0 Å². The lowest BCUT2D eigenvalue weighted by Crippen LogP contribution is -2.40. The molecule has 8 heteroatoms. The van der Waals surface area contributed by atoms with E-state index < -0.39 is 17.3 Å². The number of hydrogen-bond acceptors (Lipinski definition) is 4. The fraction of sp³-hybridized carbons (Fsp3) is 0.429. The maximum atomic E-state index is 12.7. The first-order valence-corrected chi connectivity index (χ1v) is 7.81. The van der Waals surface area contributed by atoms with Crippen LogP contribution in [0.4, 0.5) is 13.2 Å². The van der Waals surface area contributed by atoms with Crippen molar-refractivity contribution in [2.45, 2.75) is 30.5 Å². The van der Waals surface area contributed by atoms with Gasteiger partial charge < -0.3 is 5.11 Å². The van der Waals surface area contributed by atoms with E-state index in [9.17, 15) is 18.3 Å². The molecule has 4 nitrogen and oxygen atoms in total. The number of halogens is 3. The van der Waals surface area contributed by atoms with Crippen molar-refractivity contribution in [3.63, 3.8) is 0 Å². The van der Waals surface area contributed by atoms with Gasteiger partial charge in [0.05, 0.1) is 12.1 Å². The van der Waals surface area contributed by atoms with Crippen LogP contribution in [-0.4, -0.2) is 31.4 Å². The first kappa shape index (κ1) is 16.8. The minimum absolute atomic E-state index is 0.111. The van der Waals surface area contributed by atoms with Crippen LogP contribution < -0.4 is 0 Å². The van der Waals surface area contributed by atoms with Crippen molar-refractivity contribution < 1.29 is 18.3 Å². The molecule has 2 unspecified atom stereocenters. The van der Waals surface area contributed by atoms with Gasteiger partial charge in [-0.3, -0.25) is 0 Å². The van der Waals surface area contributed by atoms with Gasteiger partial charge in [-0.25, -0.2) is 9.67 Å². The Balaban J connectivity index is 2.37. The van der Waals surface area contributed by atoms with Gasteiger partial charge in [0.2, 0.25) is 0 Å². The van der Waals surface area contributed by atoms with Crippen LogP contribution in [0, 0.1) is 0 Å². The van der Waals surface area contributed by atoms with Crippen molar-refractivity contribution in [2.75, 3.05) is 6.26 Å². The second-order valence-electron chi connectivity index (χ2n) is 4.97. The van der Waals surface area contributed by atoms with Crippen LogP contribution in [0.5, 0.6) is 0 Å². The predicted octanol–water partition coefficient (Wildman–Crippen LogP) is 2.94. The highest BCUT2D eigenvalue weighted by molar-refractivity contribution is 7.99. The number of thioether (sulfide) groups is 1. The second kappa shape index (κ2) is 6.29. The quantitative estimate of drug-likeness (QED) is 0.915. The molecule has 2 rings (SSSR count). The summed E-state index contributed by atoms with van der Waals surface area (Å²) in [7, 11) is 0. The van der Waals surface area contributed by atoms with Gasteiger partial charge in [0.25, 0.3) is 0 Å². The molecular weight excluding hydrogens is 315 g/mol. The molecule has 0 radical (unpaired) electrons. The number of aliphatic hydroxyl groups is 1. The SMILES string of the molecule is CSC(C)C(O)(Cn1cncn1)c1ccc(C(F)(F)F)cc1. The summed E-state index contributed by atoms with van der Waals surface area (Å²) in [4.78, 5) is 3.82. The molecule has 22 heavy (non-hydrogen) atoms. The molecule has 0 aliphatic carbocycles. The van der Waals surface area contributed by atoms with E-state index >= 15 is 0 Å². The van der Waals surface area contributed by atoms with Crippen LogP contribution >= 0.6 is 11.8 Å². The van der Waals surface area contributed by atoms with E-state index in [0.29, 0.717) is 5.56 Å². The van der Waals surface area contributed by atoms with E-state index in [1.54, 1.807) is 0 Å². The zero-order valence-corrected chi connectivity index (χ0v) is 12.9. The van der Waals surface area contributed by atoms with Crippen LogP contribution in [0.2, 0.25) is 0 Å². The average Bonchev–Trinajstić information content (AvgIpc) is 2.98. The van der Waals surface area contributed by atoms with Gasteiger partial charge in [-0.05, 0) is 24.0 Å². The maximum absolute atomic E-state index is 12.7. The zero-order valence-electron chi connectivity index (χ0n) is 12.1. The Kier molecular flexibility index (Phi) is 4.81. The highest BCUT2D eigenvalue weighted by Gasteiger charge is 2.37. The maximum Gasteiger partial charge on any atom is 0.416 e. The van der Waals surface area contributed by atoms with Crippen molar-refractivity contribution >= 4 is 11.8 Å². The lowest BCUT2D eigenvalue weighted by molar-refractivity contribution is -0.137. The third-order valence-corrected chi connectivity index (χ3v) is 4.70. The summed E-state index contributed by atoms with van der Waals surface area (Å²) >= 11 is 1.42. The molecule has 120 valence electrons. The highest BCUT2D eigenvalue weighted by Crippen LogP contribution is 2.35. The minimum Gasteiger partial charge on any atom is -0.382 e. The Labute approximate surface area is 130 Å². The Morgan fingerprint density at radius 1 is 1.23 bits per heavy atom. The largest absolute Gasteiger partial charge is 0.416 e. The summed E-state index contributed by atoms with van der Waals surface area (Å²) < 4.78 is 39.4. The molecular formula is C14H16F3N3OS. The van der Waals surface area contributed by atoms with Gasteiger partial charge in [-0.15, -0.1) is 0 Å². The van der Waals surface area contributed by atoms with E-state index in [0.717, 1.165) is 12.1 Å². The Morgan fingerprint density at radius 2 is 1.82 bits per heavy atom. The van der Waals surface area contributed by atoms with Crippen molar-refractivity contribution in [3.05, 3.63) is 48.0 Å². The van der Waals surface area contributed by atoms with E-state index in [-0.39, 0.29) is 11.8 Å². The summed E-state index contributed by atoms with van der Waals surface area (Å²) in [6.07, 6.45) is 0.244. The molecule has 2 aromatic rings. The van der Waals surface area contributed by atoms with Crippen molar-refractivity contribution in [2.24, 2.45) is 0 Å². The van der Waals surface area contributed by atoms with Gasteiger partial charge >= 0.3 is 6.18 Å². The first-order valence-electron chi connectivity index (χ1n) is 6.52. The van der Waals surface area contributed by atoms with Crippen LogP contribution in [0.1, 0.15) is 18.1 Å². The zero-order chi connectivity index (χ0) is 16.4. The summed E-state index contributed by atoms with van der Waals surface area (Å²) in [5.74, 6) is 0. The monoisotopic (exact) mass is 331 g/mol. The molecule has 1 N–H and O–H groups in total. The van der Waals surface area contributed by atoms with E-state index in [1.807, 2.05) is 13.2 Å². The van der Waals surface area contributed by atoms with Crippen LogP contribution in [0.15, 0.2) is 36.9 Å². The van der Waals surface area contributed by atoms with E-state index in [2.05, 4.69) is 10.1 Å². The van der Waals surface area contributed by atoms with E-state index in [4.69, 9.17) is 0 Å². The third-order valence-electron chi connectivity index (χ3n) is 3.61. The molecule has 0 saturated heterocycles. The molecule has 1 aromatic carbocycles. The number of rotatable bonds is 5.